The van der Waals surface area contributed by atoms with Crippen molar-refractivity contribution in [3.63, 3.8) is 0 Å². The molecule has 0 saturated heterocycles. The highest BCUT2D eigenvalue weighted by molar-refractivity contribution is 7.92. The number of benzene rings is 3. The Balaban J connectivity index is 1.61. The smallest absolute Gasteiger partial charge is 0.264 e. The van der Waals surface area contributed by atoms with Crippen molar-refractivity contribution in [1.29, 1.82) is 0 Å². The topological polar surface area (TPSA) is 84.9 Å². The molecule has 1 aliphatic heterocycles. The Kier molecular flexibility index (Phi) is 7.26. The van der Waals surface area contributed by atoms with Gasteiger partial charge in [-0.25, -0.2) is 8.42 Å². The monoisotopic (exact) mass is 508 g/mol. The average molecular weight is 509 g/mol. The van der Waals surface area contributed by atoms with E-state index in [-0.39, 0.29) is 29.3 Å². The highest BCUT2D eigenvalue weighted by Crippen LogP contribution is 2.37. The molecule has 0 aromatic heterocycles. The number of anilines is 1. The van der Waals surface area contributed by atoms with E-state index in [9.17, 15) is 13.2 Å². The molecule has 0 radical (unpaired) electrons. The van der Waals surface area contributed by atoms with E-state index < -0.39 is 16.1 Å². The molecule has 0 saturated carbocycles. The molecule has 1 N–H and O–H groups in total. The van der Waals surface area contributed by atoms with E-state index in [1.54, 1.807) is 61.7 Å². The van der Waals surface area contributed by atoms with Gasteiger partial charge in [0.05, 0.1) is 30.3 Å². The van der Waals surface area contributed by atoms with Crippen LogP contribution in [0.5, 0.6) is 11.5 Å². The van der Waals surface area contributed by atoms with Gasteiger partial charge < -0.3 is 14.8 Å². The van der Waals surface area contributed by atoms with Crippen LogP contribution in [-0.4, -0.2) is 34.1 Å². The van der Waals surface area contributed by atoms with Crippen LogP contribution >= 0.6 is 0 Å². The first-order chi connectivity index (χ1) is 17.1. The summed E-state index contributed by atoms with van der Waals surface area (Å²) < 4.78 is 39.8. The predicted molar refractivity (Wildman–Crippen MR) is 140 cm³/mol. The van der Waals surface area contributed by atoms with E-state index >= 15 is 0 Å². The van der Waals surface area contributed by atoms with E-state index in [0.717, 1.165) is 22.4 Å². The van der Waals surface area contributed by atoms with Crippen molar-refractivity contribution in [3.05, 3.63) is 83.4 Å². The fourth-order valence-electron chi connectivity index (χ4n) is 4.48. The van der Waals surface area contributed by atoms with Crippen LogP contribution in [0.3, 0.4) is 0 Å². The fraction of sp³-hybridized carbons (Fsp3) is 0.321. The van der Waals surface area contributed by atoms with Crippen molar-refractivity contribution in [2.75, 3.05) is 18.0 Å². The number of rotatable bonds is 7. The van der Waals surface area contributed by atoms with Crippen molar-refractivity contribution in [2.24, 2.45) is 0 Å². The molecule has 7 nitrogen and oxygen atoms in total. The molecule has 0 bridgehead atoms. The number of carbonyl (C=O) groups excluding carboxylic acids is 1. The van der Waals surface area contributed by atoms with Gasteiger partial charge in [0, 0.05) is 0 Å². The van der Waals surface area contributed by atoms with Crippen molar-refractivity contribution in [1.82, 2.24) is 5.32 Å². The van der Waals surface area contributed by atoms with E-state index in [1.165, 1.54) is 4.31 Å². The number of fused-ring (bicyclic) bond motifs is 1. The maximum absolute atomic E-state index is 13.5. The first kappa shape index (κ1) is 25.6. The maximum atomic E-state index is 13.5. The fourth-order valence-corrected chi connectivity index (χ4v) is 5.98. The van der Waals surface area contributed by atoms with Gasteiger partial charge >= 0.3 is 0 Å². The van der Waals surface area contributed by atoms with Crippen molar-refractivity contribution >= 4 is 21.6 Å². The number of hydrogen-bond donors (Lipinski definition) is 1. The van der Waals surface area contributed by atoms with Gasteiger partial charge in [0.15, 0.2) is 6.10 Å². The second-order valence-electron chi connectivity index (χ2n) is 9.26. The summed E-state index contributed by atoms with van der Waals surface area (Å²) in [7, 11) is -2.24. The number of sulfonamides is 1. The lowest BCUT2D eigenvalue weighted by molar-refractivity contribution is -0.128. The van der Waals surface area contributed by atoms with Gasteiger partial charge in [-0.2, -0.15) is 0 Å². The molecule has 2 atom stereocenters. The normalized spacial score (nSPS) is 16.2. The minimum absolute atomic E-state index is 0.133. The molecular weight excluding hydrogens is 476 g/mol. The highest BCUT2D eigenvalue weighted by atomic mass is 32.2. The van der Waals surface area contributed by atoms with Crippen LogP contribution in [0.25, 0.3) is 0 Å². The summed E-state index contributed by atoms with van der Waals surface area (Å²) in [5, 5.41) is 3.03. The van der Waals surface area contributed by atoms with Gasteiger partial charge in [-0.3, -0.25) is 9.10 Å². The summed E-state index contributed by atoms with van der Waals surface area (Å²) in [6, 6.07) is 18.8. The van der Waals surface area contributed by atoms with Crippen LogP contribution in [0, 0.1) is 6.92 Å². The summed E-state index contributed by atoms with van der Waals surface area (Å²) in [6.45, 7) is 7.94. The zero-order valence-corrected chi connectivity index (χ0v) is 22.0. The molecule has 36 heavy (non-hydrogen) atoms. The summed E-state index contributed by atoms with van der Waals surface area (Å²) in [5.41, 5.74) is 3.43. The van der Waals surface area contributed by atoms with Gasteiger partial charge in [0.1, 0.15) is 11.5 Å². The van der Waals surface area contributed by atoms with Crippen molar-refractivity contribution in [2.45, 2.75) is 50.7 Å². The Bertz CT molecular complexity index is 1360. The lowest BCUT2D eigenvalue weighted by Crippen LogP contribution is -2.51. The number of nitrogens with zero attached hydrogens (tertiary/aromatic N) is 1. The molecule has 4 rings (SSSR count). The summed E-state index contributed by atoms with van der Waals surface area (Å²) in [4.78, 5) is 13.5. The Morgan fingerprint density at radius 2 is 1.69 bits per heavy atom. The Morgan fingerprint density at radius 1 is 1.03 bits per heavy atom. The molecule has 0 aliphatic carbocycles. The van der Waals surface area contributed by atoms with Crippen LogP contribution in [-0.2, 0) is 14.8 Å². The molecule has 190 valence electrons. The summed E-state index contributed by atoms with van der Waals surface area (Å²) in [6.07, 6.45) is -1.01. The summed E-state index contributed by atoms with van der Waals surface area (Å²) in [5.74, 6) is 1.03. The maximum Gasteiger partial charge on any atom is 0.264 e. The molecule has 0 spiro atoms. The predicted octanol–water partition coefficient (Wildman–Crippen LogP) is 4.96. The molecule has 1 heterocycles. The first-order valence-electron chi connectivity index (χ1n) is 12.0. The number of ether oxygens (including phenoxy) is 2. The first-order valence-corrected chi connectivity index (χ1v) is 13.4. The van der Waals surface area contributed by atoms with E-state index in [0.29, 0.717) is 11.4 Å². The van der Waals surface area contributed by atoms with Crippen molar-refractivity contribution in [3.8, 4) is 11.5 Å². The number of carbonyl (C=O) groups is 1. The minimum atomic E-state index is -3.89. The minimum Gasteiger partial charge on any atom is -0.496 e. The zero-order valence-electron chi connectivity index (χ0n) is 21.2. The lowest BCUT2D eigenvalue weighted by atomic mass is 9.93. The van der Waals surface area contributed by atoms with Crippen LogP contribution in [0.4, 0.5) is 5.69 Å². The number of para-hydroxylation sites is 2. The highest BCUT2D eigenvalue weighted by Gasteiger charge is 2.37. The number of amides is 1. The molecule has 1 amide bonds. The molecule has 0 unspecified atom stereocenters. The number of aryl methyl sites for hydroxylation is 1. The van der Waals surface area contributed by atoms with Crippen LogP contribution in [0.15, 0.2) is 71.6 Å². The molecule has 3 aromatic carbocycles. The summed E-state index contributed by atoms with van der Waals surface area (Å²) >= 11 is 0. The van der Waals surface area contributed by atoms with Crippen LogP contribution in [0.2, 0.25) is 0 Å². The van der Waals surface area contributed by atoms with E-state index in [2.05, 4.69) is 25.2 Å². The standard InChI is InChI=1S/C28H32N2O5S/c1-18(2)22-16-23(19(3)15-26(22)34-5)20(4)29-28(31)27-17-30(24-13-9-10-14-25(24)35-27)36(32,33)21-11-7-6-8-12-21/h6-16,18,20,27H,17H2,1-5H3,(H,29,31)/t20-,27+/m1/s1. The van der Waals surface area contributed by atoms with E-state index in [1.807, 2.05) is 19.9 Å². The lowest BCUT2D eigenvalue weighted by Gasteiger charge is -2.35. The third-order valence-electron chi connectivity index (χ3n) is 6.42. The SMILES string of the molecule is COc1cc(C)c([C@@H](C)NC(=O)[C@@H]2CN(S(=O)(=O)c3ccccc3)c3ccccc3O2)cc1C(C)C. The quantitative estimate of drug-likeness (QED) is 0.488. The Hall–Kier alpha value is -3.52. The number of methoxy groups -OCH3 is 1. The zero-order chi connectivity index (χ0) is 26.0. The van der Waals surface area contributed by atoms with E-state index in [4.69, 9.17) is 9.47 Å². The molecule has 3 aromatic rings. The van der Waals surface area contributed by atoms with Gasteiger partial charge in [-0.05, 0) is 72.9 Å². The van der Waals surface area contributed by atoms with Gasteiger partial charge in [0.2, 0.25) is 0 Å². The molecule has 1 aliphatic rings. The van der Waals surface area contributed by atoms with Gasteiger partial charge in [0.25, 0.3) is 15.9 Å². The average Bonchev–Trinajstić information content (AvgIpc) is 2.87. The Labute approximate surface area is 213 Å². The van der Waals surface area contributed by atoms with Gasteiger partial charge in [-0.1, -0.05) is 44.2 Å². The third kappa shape index (κ3) is 4.91. The van der Waals surface area contributed by atoms with Gasteiger partial charge in [-0.15, -0.1) is 0 Å². The molecule has 0 fully saturated rings. The molecule has 8 heteroatoms. The van der Waals surface area contributed by atoms with Crippen LogP contribution < -0.4 is 19.1 Å². The Morgan fingerprint density at radius 3 is 2.36 bits per heavy atom. The number of hydrogen-bond acceptors (Lipinski definition) is 5. The largest absolute Gasteiger partial charge is 0.496 e. The second-order valence-corrected chi connectivity index (χ2v) is 11.1. The third-order valence-corrected chi connectivity index (χ3v) is 8.22. The second kappa shape index (κ2) is 10.2. The molecular formula is C28H32N2O5S. The van der Waals surface area contributed by atoms with Crippen molar-refractivity contribution < 1.29 is 22.7 Å². The number of nitrogens with one attached hydrogen (secondary N) is 1. The van der Waals surface area contributed by atoms with Crippen LogP contribution in [0.1, 0.15) is 49.4 Å².